The second-order valence-corrected chi connectivity index (χ2v) is 12.9. The normalized spacial score (nSPS) is 17.7. The van der Waals surface area contributed by atoms with Crippen LogP contribution in [0.3, 0.4) is 0 Å². The van der Waals surface area contributed by atoms with E-state index in [2.05, 4.69) is 4.98 Å². The number of rotatable bonds is 24. The van der Waals surface area contributed by atoms with Gasteiger partial charge in [0.1, 0.15) is 25.9 Å². The minimum atomic E-state index is -5.28. The van der Waals surface area contributed by atoms with Gasteiger partial charge in [0, 0.05) is 18.2 Å². The van der Waals surface area contributed by atoms with Crippen LogP contribution in [0.1, 0.15) is 45.9 Å². The predicted octanol–water partition coefficient (Wildman–Crippen LogP) is -1.19. The SMILES string of the molecule is CCOC(=O)C(COCO)(COP(=O)(OC[C@H]1O[C@@H](n2cc(C)c(=O)[nH]c2=O)C[C@@H]1O)OCC(COCO)(C(=O)OCC)C(=O)OCC)C(=O)OCC. The zero-order valence-corrected chi connectivity index (χ0v) is 30.9. The first-order chi connectivity index (χ1) is 25.1. The van der Waals surface area contributed by atoms with E-state index < -0.39 is 119 Å². The van der Waals surface area contributed by atoms with Crippen LogP contribution in [-0.4, -0.2) is 134 Å². The summed E-state index contributed by atoms with van der Waals surface area (Å²) < 4.78 is 67.7. The molecule has 0 aromatic carbocycles. The number of aromatic nitrogens is 2. The van der Waals surface area contributed by atoms with Crippen LogP contribution in [0.25, 0.3) is 0 Å². The molecule has 3 atom stereocenters. The highest BCUT2D eigenvalue weighted by atomic mass is 31.2. The van der Waals surface area contributed by atoms with E-state index in [-0.39, 0.29) is 38.4 Å². The standard InChI is InChI=1S/C30H47N2O20P/c1-6-45-24(37)29(13-43-17-33,25(38)46-7-2)15-50-53(42,51-16-30(14-44-18-34,26(39)47-8-3)27(40)48-9-4)49-12-21-20(35)10-22(52-21)32-11-19(5)23(36)31-28(32)41/h11,20-22,33-35H,6-10,12-18H2,1-5H3,(H,31,36,41)/t20-,21+,22+/m0/s1. The van der Waals surface area contributed by atoms with Crippen molar-refractivity contribution in [3.8, 4) is 0 Å². The van der Waals surface area contributed by atoms with Crippen molar-refractivity contribution in [2.45, 2.75) is 59.5 Å². The lowest BCUT2D eigenvalue weighted by molar-refractivity contribution is -0.183. The molecule has 2 rings (SSSR count). The van der Waals surface area contributed by atoms with Crippen molar-refractivity contribution >= 4 is 31.7 Å². The van der Waals surface area contributed by atoms with Crippen LogP contribution in [0.2, 0.25) is 0 Å². The Morgan fingerprint density at radius 2 is 1.25 bits per heavy atom. The lowest BCUT2D eigenvalue weighted by atomic mass is 9.90. The van der Waals surface area contributed by atoms with Crippen LogP contribution < -0.4 is 11.2 Å². The molecule has 1 aromatic rings. The number of esters is 4. The van der Waals surface area contributed by atoms with Crippen molar-refractivity contribution < 1.29 is 85.8 Å². The van der Waals surface area contributed by atoms with E-state index in [4.69, 9.17) is 46.7 Å². The lowest BCUT2D eigenvalue weighted by Gasteiger charge is -2.32. The Labute approximate surface area is 303 Å². The molecule has 22 nitrogen and oxygen atoms in total. The molecule has 0 spiro atoms. The third kappa shape index (κ3) is 11.7. The van der Waals surface area contributed by atoms with Gasteiger partial charge in [0.05, 0.1) is 65.6 Å². The molecule has 0 unspecified atom stereocenters. The summed E-state index contributed by atoms with van der Waals surface area (Å²) in [5.41, 5.74) is -6.46. The number of carbonyl (C=O) groups is 4. The van der Waals surface area contributed by atoms with E-state index in [1.165, 1.54) is 40.8 Å². The lowest BCUT2D eigenvalue weighted by Crippen LogP contribution is -2.50. The van der Waals surface area contributed by atoms with Crippen LogP contribution in [0.15, 0.2) is 15.8 Å². The van der Waals surface area contributed by atoms with Crippen molar-refractivity contribution in [3.63, 3.8) is 0 Å². The number of aliphatic hydroxyl groups excluding tert-OH is 3. The first kappa shape index (κ1) is 45.6. The Hall–Kier alpha value is -3.57. The minimum absolute atomic E-state index is 0.155. The zero-order chi connectivity index (χ0) is 39.8. The number of carbonyl (C=O) groups excluding carboxylic acids is 4. The van der Waals surface area contributed by atoms with E-state index in [0.717, 1.165) is 4.57 Å². The molecule has 4 N–H and O–H groups in total. The van der Waals surface area contributed by atoms with E-state index in [1.807, 2.05) is 0 Å². The highest BCUT2D eigenvalue weighted by Gasteiger charge is 2.55. The van der Waals surface area contributed by atoms with Gasteiger partial charge in [-0.15, -0.1) is 0 Å². The molecule has 1 aliphatic rings. The molecule has 0 radical (unpaired) electrons. The Balaban J connectivity index is 2.58. The number of aliphatic hydroxyl groups is 3. The molecule has 53 heavy (non-hydrogen) atoms. The number of ether oxygens (including phenoxy) is 7. The Bertz CT molecular complexity index is 1450. The fourth-order valence-electron chi connectivity index (χ4n) is 4.73. The summed E-state index contributed by atoms with van der Waals surface area (Å²) in [6.07, 6.45) is -2.91. The molecule has 1 saturated heterocycles. The van der Waals surface area contributed by atoms with Gasteiger partial charge < -0.3 is 48.5 Å². The number of aromatic amines is 1. The van der Waals surface area contributed by atoms with Crippen molar-refractivity contribution in [1.82, 2.24) is 9.55 Å². The number of phosphoric acid groups is 1. The van der Waals surface area contributed by atoms with Gasteiger partial charge in [-0.05, 0) is 34.6 Å². The smallest absolute Gasteiger partial charge is 0.465 e. The van der Waals surface area contributed by atoms with Crippen molar-refractivity contribution in [2.24, 2.45) is 10.8 Å². The quantitative estimate of drug-likeness (QED) is 0.0315. The molecule has 0 bridgehead atoms. The number of hydrogen-bond acceptors (Lipinski definition) is 20. The van der Waals surface area contributed by atoms with Crippen LogP contribution in [0, 0.1) is 17.8 Å². The highest BCUT2D eigenvalue weighted by molar-refractivity contribution is 7.48. The van der Waals surface area contributed by atoms with Crippen LogP contribution in [0.5, 0.6) is 0 Å². The summed E-state index contributed by atoms with van der Waals surface area (Å²) in [6, 6.07) is 0. The number of nitrogens with one attached hydrogen (secondary N) is 1. The Morgan fingerprint density at radius 3 is 1.64 bits per heavy atom. The summed E-state index contributed by atoms with van der Waals surface area (Å²) >= 11 is 0. The third-order valence-electron chi connectivity index (χ3n) is 7.54. The van der Waals surface area contributed by atoms with E-state index in [0.29, 0.717) is 0 Å². The number of nitrogens with zero attached hydrogens (tertiary/aromatic N) is 1. The van der Waals surface area contributed by atoms with Crippen molar-refractivity contribution in [3.05, 3.63) is 32.6 Å². The van der Waals surface area contributed by atoms with Gasteiger partial charge in [0.2, 0.25) is 10.8 Å². The Morgan fingerprint density at radius 1 is 0.811 bits per heavy atom. The van der Waals surface area contributed by atoms with Crippen molar-refractivity contribution in [1.29, 1.82) is 0 Å². The molecule has 0 saturated carbocycles. The summed E-state index contributed by atoms with van der Waals surface area (Å²) in [6.45, 7) is -1.08. The molecule has 1 fully saturated rings. The number of H-pyrrole nitrogens is 1. The van der Waals surface area contributed by atoms with Crippen LogP contribution >= 0.6 is 7.82 Å². The minimum Gasteiger partial charge on any atom is -0.465 e. The summed E-state index contributed by atoms with van der Waals surface area (Å²) in [4.78, 5) is 79.3. The van der Waals surface area contributed by atoms with Gasteiger partial charge in [-0.1, -0.05) is 0 Å². The second-order valence-electron chi connectivity index (χ2n) is 11.2. The fourth-order valence-corrected chi connectivity index (χ4v) is 6.04. The number of phosphoric ester groups is 1. The van der Waals surface area contributed by atoms with Gasteiger partial charge in [0.15, 0.2) is 0 Å². The maximum absolute atomic E-state index is 14.4. The van der Waals surface area contributed by atoms with Gasteiger partial charge in [0.25, 0.3) is 5.56 Å². The molecule has 0 amide bonds. The Kier molecular flexibility index (Phi) is 18.4. The maximum atomic E-state index is 14.4. The molecule has 302 valence electrons. The van der Waals surface area contributed by atoms with Gasteiger partial charge in [-0.25, -0.2) is 9.36 Å². The molecule has 2 heterocycles. The zero-order valence-electron chi connectivity index (χ0n) is 30.0. The third-order valence-corrected chi connectivity index (χ3v) is 8.90. The fraction of sp³-hybridized carbons (Fsp3) is 0.733. The predicted molar refractivity (Wildman–Crippen MR) is 174 cm³/mol. The number of hydrogen-bond donors (Lipinski definition) is 4. The van der Waals surface area contributed by atoms with Crippen LogP contribution in [-0.2, 0) is 70.5 Å². The maximum Gasteiger partial charge on any atom is 0.474 e. The molecule has 1 aliphatic heterocycles. The first-order valence-electron chi connectivity index (χ1n) is 16.4. The van der Waals surface area contributed by atoms with Crippen molar-refractivity contribution in [2.75, 3.05) is 73.0 Å². The van der Waals surface area contributed by atoms with Gasteiger partial charge >= 0.3 is 37.4 Å². The molecule has 1 aromatic heterocycles. The van der Waals surface area contributed by atoms with E-state index in [1.54, 1.807) is 0 Å². The van der Waals surface area contributed by atoms with Crippen LogP contribution in [0.4, 0.5) is 0 Å². The number of aryl methyl sites for hydroxylation is 1. The largest absolute Gasteiger partial charge is 0.474 e. The highest BCUT2D eigenvalue weighted by Crippen LogP contribution is 2.53. The average Bonchev–Trinajstić information content (AvgIpc) is 3.49. The second kappa shape index (κ2) is 21.4. The monoisotopic (exact) mass is 786 g/mol. The molecule has 0 aliphatic carbocycles. The van der Waals surface area contributed by atoms with E-state index >= 15 is 0 Å². The summed E-state index contributed by atoms with van der Waals surface area (Å²) in [5.74, 6) is -5.16. The summed E-state index contributed by atoms with van der Waals surface area (Å²) in [7, 11) is -5.28. The average molecular weight is 787 g/mol. The molecular formula is C30H47N2O20P. The molecular weight excluding hydrogens is 739 g/mol. The topological polar surface area (TPSA) is 293 Å². The van der Waals surface area contributed by atoms with Gasteiger partial charge in [-0.2, -0.15) is 0 Å². The first-order valence-corrected chi connectivity index (χ1v) is 17.8. The van der Waals surface area contributed by atoms with E-state index in [9.17, 15) is 48.7 Å². The van der Waals surface area contributed by atoms with Gasteiger partial charge in [-0.3, -0.25) is 47.1 Å². The summed E-state index contributed by atoms with van der Waals surface area (Å²) in [5, 5.41) is 29.4. The molecule has 23 heteroatoms.